The van der Waals surface area contributed by atoms with Crippen LogP contribution in [0.25, 0.3) is 110 Å². The Kier molecular flexibility index (Phi) is 7.78. The van der Waals surface area contributed by atoms with Gasteiger partial charge in [-0.15, -0.1) is 0 Å². The van der Waals surface area contributed by atoms with Gasteiger partial charge in [0.1, 0.15) is 0 Å². The second-order valence-electron chi connectivity index (χ2n) is 14.5. The number of nitrogens with zero attached hydrogens (tertiary/aromatic N) is 8. The van der Waals surface area contributed by atoms with Gasteiger partial charge in [0.25, 0.3) is 11.4 Å². The van der Waals surface area contributed by atoms with Gasteiger partial charge in [0.05, 0.1) is 65.7 Å². The van der Waals surface area contributed by atoms with Crippen LogP contribution in [0.1, 0.15) is 0 Å². The van der Waals surface area contributed by atoms with Crippen molar-refractivity contribution < 1.29 is 9.85 Å². The van der Waals surface area contributed by atoms with Gasteiger partial charge in [0, 0.05) is 91.2 Å². The molecule has 11 aromatic rings. The number of hydrogen-bond acceptors (Lipinski definition) is 10. The van der Waals surface area contributed by atoms with Crippen LogP contribution >= 0.6 is 0 Å². The molecule has 0 aliphatic heterocycles. The highest BCUT2D eigenvalue weighted by atomic mass is 16.6. The summed E-state index contributed by atoms with van der Waals surface area (Å²) in [7, 11) is 0. The molecular formula is C48H26N8O4. The van der Waals surface area contributed by atoms with Crippen LogP contribution in [0.5, 0.6) is 0 Å². The summed E-state index contributed by atoms with van der Waals surface area (Å²) in [4.78, 5) is 52.9. The van der Waals surface area contributed by atoms with E-state index in [0.717, 1.165) is 43.4 Å². The van der Waals surface area contributed by atoms with Crippen molar-refractivity contribution in [1.29, 1.82) is 0 Å². The lowest BCUT2D eigenvalue weighted by Crippen LogP contribution is -1.95. The minimum atomic E-state index is -0.422. The Labute approximate surface area is 338 Å². The van der Waals surface area contributed by atoms with Gasteiger partial charge in [0.2, 0.25) is 0 Å². The van der Waals surface area contributed by atoms with Crippen LogP contribution in [0, 0.1) is 20.2 Å². The average Bonchev–Trinajstić information content (AvgIpc) is 3.30. The molecule has 6 aromatic heterocycles. The fourth-order valence-electron chi connectivity index (χ4n) is 7.88. The highest BCUT2D eigenvalue weighted by Gasteiger charge is 2.18. The number of fused-ring (bicyclic) bond motifs is 9. The first-order valence-electron chi connectivity index (χ1n) is 18.9. The van der Waals surface area contributed by atoms with Crippen LogP contribution in [0.2, 0.25) is 0 Å². The molecule has 0 fully saturated rings. The molecule has 0 bridgehead atoms. The van der Waals surface area contributed by atoms with Crippen molar-refractivity contribution in [3.63, 3.8) is 0 Å². The topological polar surface area (TPSA) is 164 Å². The molecule has 12 heteroatoms. The predicted molar refractivity (Wildman–Crippen MR) is 233 cm³/mol. The summed E-state index contributed by atoms with van der Waals surface area (Å²) >= 11 is 0. The maximum Gasteiger partial charge on any atom is 0.270 e. The maximum atomic E-state index is 12.3. The van der Waals surface area contributed by atoms with Crippen LogP contribution in [0.4, 0.5) is 11.4 Å². The van der Waals surface area contributed by atoms with E-state index in [9.17, 15) is 20.2 Å². The zero-order valence-electron chi connectivity index (χ0n) is 31.2. The van der Waals surface area contributed by atoms with Crippen LogP contribution in [-0.2, 0) is 0 Å². The number of nitro benzene ring substituents is 2. The molecule has 0 atom stereocenters. The molecule has 0 unspecified atom stereocenters. The third-order valence-electron chi connectivity index (χ3n) is 10.8. The van der Waals surface area contributed by atoms with Gasteiger partial charge >= 0.3 is 0 Å². The van der Waals surface area contributed by atoms with E-state index in [-0.39, 0.29) is 11.4 Å². The fraction of sp³-hybridized carbons (Fsp3) is 0. The smallest absolute Gasteiger partial charge is 0.258 e. The number of pyridine rings is 6. The number of hydrogen-bond donors (Lipinski definition) is 0. The molecule has 0 saturated heterocycles. The lowest BCUT2D eigenvalue weighted by molar-refractivity contribution is -0.384. The molecule has 0 aliphatic carbocycles. The summed E-state index contributed by atoms with van der Waals surface area (Å²) in [5.41, 5.74) is 8.12. The molecule has 0 amide bonds. The second-order valence-corrected chi connectivity index (χ2v) is 14.5. The predicted octanol–water partition coefficient (Wildman–Crippen LogP) is 11.5. The van der Waals surface area contributed by atoms with Crippen LogP contribution < -0.4 is 0 Å². The van der Waals surface area contributed by atoms with Crippen molar-refractivity contribution in [2.75, 3.05) is 0 Å². The minimum absolute atomic E-state index is 0.104. The summed E-state index contributed by atoms with van der Waals surface area (Å²) in [5.74, 6) is 0. The Balaban J connectivity index is 1.04. The van der Waals surface area contributed by atoms with Crippen LogP contribution in [0.15, 0.2) is 158 Å². The van der Waals surface area contributed by atoms with Gasteiger partial charge < -0.3 is 0 Å². The first-order valence-corrected chi connectivity index (χ1v) is 18.9. The molecule has 60 heavy (non-hydrogen) atoms. The number of nitro groups is 2. The van der Waals surface area contributed by atoms with Crippen molar-refractivity contribution in [2.45, 2.75) is 0 Å². The Morgan fingerprint density at radius 1 is 0.333 bits per heavy atom. The van der Waals surface area contributed by atoms with Crippen molar-refractivity contribution in [2.24, 2.45) is 0 Å². The molecule has 12 nitrogen and oxygen atoms in total. The first kappa shape index (κ1) is 34.6. The SMILES string of the molecule is O=[N+]([O-])c1cc(-c2ccc3ccc4cccnc4c3n2)cc(-c2ccc3ccc4ccc(-c5cc(-c6ccc7ccc8cccnc8c7n6)cc([N+](=O)[O-])c5)nc4c3n2)c1. The number of non-ortho nitro benzene ring substituents is 2. The van der Waals surface area contributed by atoms with E-state index < -0.39 is 9.85 Å². The summed E-state index contributed by atoms with van der Waals surface area (Å²) in [6.07, 6.45) is 3.44. The van der Waals surface area contributed by atoms with E-state index in [1.165, 1.54) is 24.3 Å². The molecule has 0 N–H and O–H groups in total. The van der Waals surface area contributed by atoms with E-state index in [1.807, 2.05) is 121 Å². The van der Waals surface area contributed by atoms with E-state index in [0.29, 0.717) is 67.1 Å². The third kappa shape index (κ3) is 5.86. The Morgan fingerprint density at radius 2 is 0.600 bits per heavy atom. The molecule has 0 spiro atoms. The largest absolute Gasteiger partial charge is 0.270 e. The Morgan fingerprint density at radius 3 is 0.900 bits per heavy atom. The molecule has 5 aromatic carbocycles. The molecule has 11 rings (SSSR count). The fourth-order valence-corrected chi connectivity index (χ4v) is 7.88. The molecule has 0 aliphatic rings. The van der Waals surface area contributed by atoms with Gasteiger partial charge in [-0.25, -0.2) is 19.9 Å². The molecule has 6 heterocycles. The highest BCUT2D eigenvalue weighted by Crippen LogP contribution is 2.36. The Hall–Kier alpha value is -8.64. The zero-order chi connectivity index (χ0) is 40.5. The van der Waals surface area contributed by atoms with Gasteiger partial charge in [-0.05, 0) is 48.5 Å². The highest BCUT2D eigenvalue weighted by molar-refractivity contribution is 6.06. The standard InChI is InChI=1S/C48H26N8O4/c57-55(58)37-23-33(39-15-11-29-7-5-27-3-1-19-49-43(27)45(29)51-39)21-35(25-37)41-17-13-31-9-10-32-14-18-42(54-48(32)47(31)53-41)36-22-34(24-38(26-36)56(59)60)40-16-12-30-8-6-28-4-2-20-50-44(28)46(30)52-40/h1-26H. The number of aromatic nitrogens is 6. The van der Waals surface area contributed by atoms with Crippen molar-refractivity contribution in [3.05, 3.63) is 178 Å². The minimum Gasteiger partial charge on any atom is -0.258 e. The van der Waals surface area contributed by atoms with Gasteiger partial charge in [0.15, 0.2) is 0 Å². The van der Waals surface area contributed by atoms with Crippen molar-refractivity contribution in [3.8, 4) is 45.0 Å². The van der Waals surface area contributed by atoms with Crippen molar-refractivity contribution in [1.82, 2.24) is 29.9 Å². The molecule has 0 saturated carbocycles. The van der Waals surface area contributed by atoms with E-state index in [1.54, 1.807) is 12.4 Å². The third-order valence-corrected chi connectivity index (χ3v) is 10.8. The molecule has 0 radical (unpaired) electrons. The van der Waals surface area contributed by atoms with E-state index in [2.05, 4.69) is 9.97 Å². The monoisotopic (exact) mass is 778 g/mol. The van der Waals surface area contributed by atoms with Gasteiger partial charge in [-0.3, -0.25) is 30.2 Å². The normalized spacial score (nSPS) is 11.6. The van der Waals surface area contributed by atoms with Crippen molar-refractivity contribution >= 4 is 76.8 Å². The lowest BCUT2D eigenvalue weighted by Gasteiger charge is -2.11. The summed E-state index contributed by atoms with van der Waals surface area (Å²) < 4.78 is 0. The average molecular weight is 779 g/mol. The quantitative estimate of drug-likeness (QED) is 0.0901. The second kappa shape index (κ2) is 13.5. The van der Waals surface area contributed by atoms with Gasteiger partial charge in [-0.2, -0.15) is 0 Å². The molecular weight excluding hydrogens is 753 g/mol. The Bertz CT molecular complexity index is 3410. The zero-order valence-corrected chi connectivity index (χ0v) is 31.2. The van der Waals surface area contributed by atoms with Gasteiger partial charge in [-0.1, -0.05) is 72.8 Å². The first-order chi connectivity index (χ1) is 29.3. The van der Waals surface area contributed by atoms with E-state index in [4.69, 9.17) is 19.9 Å². The van der Waals surface area contributed by atoms with E-state index >= 15 is 0 Å². The lowest BCUT2D eigenvalue weighted by atomic mass is 10.0. The molecule has 282 valence electrons. The number of rotatable bonds is 6. The number of benzene rings is 5. The summed E-state index contributed by atoms with van der Waals surface area (Å²) in [6.45, 7) is 0. The summed E-state index contributed by atoms with van der Waals surface area (Å²) in [5, 5.41) is 29.9. The maximum absolute atomic E-state index is 12.3. The summed E-state index contributed by atoms with van der Waals surface area (Å²) in [6, 6.07) is 44.3. The van der Waals surface area contributed by atoms with Crippen LogP contribution in [-0.4, -0.2) is 39.8 Å². The van der Waals surface area contributed by atoms with Crippen LogP contribution in [0.3, 0.4) is 0 Å².